The highest BCUT2D eigenvalue weighted by Crippen LogP contribution is 2.19. The molecule has 3 nitrogen and oxygen atoms in total. The Morgan fingerprint density at radius 2 is 1.90 bits per heavy atom. The van der Waals surface area contributed by atoms with Gasteiger partial charge in [-0.05, 0) is 36.6 Å². The third-order valence-electron chi connectivity index (χ3n) is 3.54. The van der Waals surface area contributed by atoms with Crippen LogP contribution in [0.4, 0.5) is 5.69 Å². The summed E-state index contributed by atoms with van der Waals surface area (Å²) in [4.78, 5) is 4.48. The summed E-state index contributed by atoms with van der Waals surface area (Å²) in [6, 6.07) is 18.6. The molecule has 0 spiro atoms. The van der Waals surface area contributed by atoms with Crippen LogP contribution in [-0.2, 0) is 0 Å². The maximum Gasteiger partial charge on any atom is 0.193 e. The Morgan fingerprint density at radius 1 is 1.14 bits per heavy atom. The van der Waals surface area contributed by atoms with Gasteiger partial charge in [-0.15, -0.1) is 0 Å². The zero-order valence-electron chi connectivity index (χ0n) is 12.7. The summed E-state index contributed by atoms with van der Waals surface area (Å²) in [5.41, 5.74) is 9.46. The maximum atomic E-state index is 5.98. The number of nitrogens with one attached hydrogen (secondary N) is 1. The molecule has 2 aromatic rings. The largest absolute Gasteiger partial charge is 0.370 e. The minimum absolute atomic E-state index is 0.407. The summed E-state index contributed by atoms with van der Waals surface area (Å²) in [6.07, 6.45) is 1.05. The van der Waals surface area contributed by atoms with Crippen molar-refractivity contribution in [3.05, 3.63) is 65.7 Å². The lowest BCUT2D eigenvalue weighted by atomic mass is 9.97. The zero-order chi connectivity index (χ0) is 15.1. The minimum Gasteiger partial charge on any atom is -0.370 e. The molecule has 3 N–H and O–H groups in total. The van der Waals surface area contributed by atoms with Crippen LogP contribution in [0.5, 0.6) is 0 Å². The average Bonchev–Trinajstić information content (AvgIpc) is 2.49. The summed E-state index contributed by atoms with van der Waals surface area (Å²) in [5.74, 6) is 0.874. The smallest absolute Gasteiger partial charge is 0.193 e. The molecule has 0 saturated heterocycles. The second-order valence-electron chi connectivity index (χ2n) is 5.24. The van der Waals surface area contributed by atoms with Gasteiger partial charge >= 0.3 is 0 Å². The fourth-order valence-corrected chi connectivity index (χ4v) is 2.31. The lowest BCUT2D eigenvalue weighted by Crippen LogP contribution is -2.23. The van der Waals surface area contributed by atoms with Gasteiger partial charge in [0.2, 0.25) is 0 Å². The summed E-state index contributed by atoms with van der Waals surface area (Å²) in [6.45, 7) is 4.93. The van der Waals surface area contributed by atoms with Gasteiger partial charge < -0.3 is 11.1 Å². The van der Waals surface area contributed by atoms with Crippen LogP contribution in [0, 0.1) is 6.92 Å². The fraction of sp³-hybridized carbons (Fsp3) is 0.278. The molecule has 1 atom stereocenters. The van der Waals surface area contributed by atoms with Crippen molar-refractivity contribution in [1.29, 1.82) is 0 Å². The molecule has 0 aromatic heterocycles. The molecule has 0 aliphatic heterocycles. The van der Waals surface area contributed by atoms with Crippen LogP contribution in [0.15, 0.2) is 59.6 Å². The predicted octanol–water partition coefficient (Wildman–Crippen LogP) is 3.92. The summed E-state index contributed by atoms with van der Waals surface area (Å²) in [7, 11) is 0. The van der Waals surface area contributed by atoms with Gasteiger partial charge in [0.1, 0.15) is 0 Å². The molecule has 0 saturated carbocycles. The maximum absolute atomic E-state index is 5.98. The van der Waals surface area contributed by atoms with Crippen molar-refractivity contribution in [1.82, 2.24) is 0 Å². The highest BCUT2D eigenvalue weighted by molar-refractivity contribution is 5.92. The highest BCUT2D eigenvalue weighted by Gasteiger charge is 2.08. The predicted molar refractivity (Wildman–Crippen MR) is 90.8 cm³/mol. The molecule has 3 heteroatoms. The van der Waals surface area contributed by atoms with Crippen LogP contribution in [0.1, 0.15) is 30.4 Å². The molecule has 0 bridgehead atoms. The van der Waals surface area contributed by atoms with E-state index >= 15 is 0 Å². The molecule has 0 amide bonds. The first kappa shape index (κ1) is 15.1. The number of nitrogens with two attached hydrogens (primary N) is 1. The van der Waals surface area contributed by atoms with Gasteiger partial charge in [-0.2, -0.15) is 0 Å². The Kier molecular flexibility index (Phi) is 5.38. The third-order valence-corrected chi connectivity index (χ3v) is 3.54. The van der Waals surface area contributed by atoms with E-state index < -0.39 is 0 Å². The second-order valence-corrected chi connectivity index (χ2v) is 5.24. The van der Waals surface area contributed by atoms with Crippen molar-refractivity contribution in [3.63, 3.8) is 0 Å². The lowest BCUT2D eigenvalue weighted by molar-refractivity contribution is 0.675. The third kappa shape index (κ3) is 4.63. The van der Waals surface area contributed by atoms with Crippen molar-refractivity contribution in [3.8, 4) is 0 Å². The molecule has 0 radical (unpaired) electrons. The van der Waals surface area contributed by atoms with Gasteiger partial charge in [0.05, 0.1) is 0 Å². The van der Waals surface area contributed by atoms with Gasteiger partial charge in [-0.25, -0.2) is 0 Å². The second kappa shape index (κ2) is 7.48. The number of aryl methyl sites for hydroxylation is 1. The first-order valence-electron chi connectivity index (χ1n) is 7.37. The number of guanidine groups is 1. The number of benzene rings is 2. The van der Waals surface area contributed by atoms with E-state index in [1.54, 1.807) is 0 Å². The van der Waals surface area contributed by atoms with Crippen molar-refractivity contribution in [2.75, 3.05) is 11.9 Å². The molecule has 0 aliphatic carbocycles. The summed E-state index contributed by atoms with van der Waals surface area (Å²) in [5, 5.41) is 3.14. The van der Waals surface area contributed by atoms with Gasteiger partial charge in [-0.1, -0.05) is 49.4 Å². The van der Waals surface area contributed by atoms with E-state index in [9.17, 15) is 0 Å². The quantitative estimate of drug-likeness (QED) is 0.644. The van der Waals surface area contributed by atoms with Crippen molar-refractivity contribution < 1.29 is 0 Å². The molecule has 0 fully saturated rings. The SMILES string of the molecule is CCC(CN=C(N)Nc1cccc(C)c1)c1ccccc1. The molecular formula is C18H23N3. The first-order chi connectivity index (χ1) is 10.2. The monoisotopic (exact) mass is 281 g/mol. The van der Waals surface area contributed by atoms with Crippen LogP contribution in [0.2, 0.25) is 0 Å². The topological polar surface area (TPSA) is 50.4 Å². The zero-order valence-corrected chi connectivity index (χ0v) is 12.7. The van der Waals surface area contributed by atoms with E-state index in [2.05, 4.69) is 60.6 Å². The molecule has 2 aromatic carbocycles. The first-order valence-corrected chi connectivity index (χ1v) is 7.37. The molecule has 21 heavy (non-hydrogen) atoms. The normalized spacial score (nSPS) is 13.0. The van der Waals surface area contributed by atoms with Crippen LogP contribution < -0.4 is 11.1 Å². The number of anilines is 1. The Bertz CT molecular complexity index is 590. The van der Waals surface area contributed by atoms with E-state index in [-0.39, 0.29) is 0 Å². The number of rotatable bonds is 5. The molecule has 110 valence electrons. The standard InChI is InChI=1S/C18H23N3/c1-3-15(16-9-5-4-6-10-16)13-20-18(19)21-17-11-7-8-14(2)12-17/h4-12,15H,3,13H2,1-2H3,(H3,19,20,21). The van der Waals surface area contributed by atoms with Crippen LogP contribution in [0.25, 0.3) is 0 Å². The molecule has 1 unspecified atom stereocenters. The van der Waals surface area contributed by atoms with Gasteiger partial charge in [-0.3, -0.25) is 4.99 Å². The average molecular weight is 281 g/mol. The molecular weight excluding hydrogens is 258 g/mol. The van der Waals surface area contributed by atoms with Gasteiger partial charge in [0.15, 0.2) is 5.96 Å². The summed E-state index contributed by atoms with van der Waals surface area (Å²) >= 11 is 0. The van der Waals surface area contributed by atoms with Gasteiger partial charge in [0, 0.05) is 18.2 Å². The van der Waals surface area contributed by atoms with Crippen LogP contribution in [0.3, 0.4) is 0 Å². The van der Waals surface area contributed by atoms with E-state index in [1.165, 1.54) is 11.1 Å². The van der Waals surface area contributed by atoms with Crippen LogP contribution >= 0.6 is 0 Å². The molecule has 0 heterocycles. The lowest BCUT2D eigenvalue weighted by Gasteiger charge is -2.13. The van der Waals surface area contributed by atoms with Crippen molar-refractivity contribution in [2.45, 2.75) is 26.2 Å². The minimum atomic E-state index is 0.407. The number of aliphatic imine (C=N–C) groups is 1. The fourth-order valence-electron chi connectivity index (χ4n) is 2.31. The van der Waals surface area contributed by atoms with Crippen LogP contribution in [-0.4, -0.2) is 12.5 Å². The summed E-state index contributed by atoms with van der Waals surface area (Å²) < 4.78 is 0. The number of hydrogen-bond acceptors (Lipinski definition) is 1. The number of hydrogen-bond donors (Lipinski definition) is 2. The van der Waals surface area contributed by atoms with E-state index in [0.29, 0.717) is 18.4 Å². The Morgan fingerprint density at radius 3 is 2.57 bits per heavy atom. The van der Waals surface area contributed by atoms with E-state index in [4.69, 9.17) is 5.73 Å². The Balaban J connectivity index is 1.99. The molecule has 0 aliphatic rings. The van der Waals surface area contributed by atoms with Crippen molar-refractivity contribution >= 4 is 11.6 Å². The van der Waals surface area contributed by atoms with Crippen molar-refractivity contribution in [2.24, 2.45) is 10.7 Å². The molecule has 2 rings (SSSR count). The van der Waals surface area contributed by atoms with Gasteiger partial charge in [0.25, 0.3) is 0 Å². The Labute approximate surface area is 126 Å². The van der Waals surface area contributed by atoms with E-state index in [0.717, 1.165) is 12.1 Å². The Hall–Kier alpha value is -2.29. The number of nitrogens with zero attached hydrogens (tertiary/aromatic N) is 1. The highest BCUT2D eigenvalue weighted by atomic mass is 15.1. The van der Waals surface area contributed by atoms with E-state index in [1.807, 2.05) is 18.2 Å².